The zero-order valence-electron chi connectivity index (χ0n) is 8.80. The second-order valence-corrected chi connectivity index (χ2v) is 3.81. The Hall–Kier alpha value is -2.15. The fraction of sp³-hybridized carbons (Fsp3) is 0. The number of amides is 1. The normalized spacial score (nSPS) is 10.4. The standard InChI is InChI=1S/C10H7ClF2N4O/c11-5-2-6(12)4(1-7(5)13)10(18)16-9-8(14)3-15-17-9/h1-3H,14H2,(H2,15,16,17,18). The second-order valence-electron chi connectivity index (χ2n) is 3.40. The van der Waals surface area contributed by atoms with E-state index >= 15 is 0 Å². The van der Waals surface area contributed by atoms with Crippen LogP contribution in [0.3, 0.4) is 0 Å². The molecule has 0 radical (unpaired) electrons. The van der Waals surface area contributed by atoms with Crippen LogP contribution in [0.25, 0.3) is 0 Å². The van der Waals surface area contributed by atoms with Crippen molar-refractivity contribution >= 4 is 29.0 Å². The van der Waals surface area contributed by atoms with Crippen LogP contribution < -0.4 is 11.1 Å². The maximum absolute atomic E-state index is 13.4. The number of hydrogen-bond donors (Lipinski definition) is 3. The van der Waals surface area contributed by atoms with Crippen molar-refractivity contribution < 1.29 is 13.6 Å². The summed E-state index contributed by atoms with van der Waals surface area (Å²) in [6, 6.07) is 1.43. The van der Waals surface area contributed by atoms with E-state index in [1.807, 2.05) is 0 Å². The highest BCUT2D eigenvalue weighted by Gasteiger charge is 2.16. The first-order valence-corrected chi connectivity index (χ1v) is 5.11. The Bertz CT molecular complexity index is 614. The van der Waals surface area contributed by atoms with Crippen LogP contribution in [-0.2, 0) is 0 Å². The first-order chi connectivity index (χ1) is 8.49. The summed E-state index contributed by atoms with van der Waals surface area (Å²) in [5.74, 6) is -2.58. The van der Waals surface area contributed by atoms with Crippen LogP contribution in [0.5, 0.6) is 0 Å². The maximum atomic E-state index is 13.4. The van der Waals surface area contributed by atoms with E-state index < -0.39 is 28.1 Å². The van der Waals surface area contributed by atoms with Gasteiger partial charge < -0.3 is 11.1 Å². The lowest BCUT2D eigenvalue weighted by atomic mass is 10.2. The molecule has 0 bridgehead atoms. The number of halogens is 3. The molecule has 18 heavy (non-hydrogen) atoms. The fourth-order valence-electron chi connectivity index (χ4n) is 1.27. The van der Waals surface area contributed by atoms with Crippen molar-refractivity contribution in [1.82, 2.24) is 10.2 Å². The molecule has 0 atom stereocenters. The number of anilines is 2. The summed E-state index contributed by atoms with van der Waals surface area (Å²) in [5.41, 5.74) is 5.16. The topological polar surface area (TPSA) is 83.8 Å². The minimum absolute atomic E-state index is 0.106. The van der Waals surface area contributed by atoms with E-state index in [4.69, 9.17) is 17.3 Å². The maximum Gasteiger partial charge on any atom is 0.259 e. The number of rotatable bonds is 2. The molecular formula is C10H7ClF2N4O. The van der Waals surface area contributed by atoms with Crippen molar-refractivity contribution in [3.63, 3.8) is 0 Å². The molecule has 94 valence electrons. The van der Waals surface area contributed by atoms with Gasteiger partial charge in [0.15, 0.2) is 5.82 Å². The van der Waals surface area contributed by atoms with E-state index in [0.717, 1.165) is 6.07 Å². The molecular weight excluding hydrogens is 266 g/mol. The first kappa shape index (κ1) is 12.3. The Kier molecular flexibility index (Phi) is 3.15. The van der Waals surface area contributed by atoms with Gasteiger partial charge in [-0.05, 0) is 12.1 Å². The van der Waals surface area contributed by atoms with Gasteiger partial charge in [0.05, 0.1) is 22.5 Å². The van der Waals surface area contributed by atoms with Crippen LogP contribution in [-0.4, -0.2) is 16.1 Å². The quantitative estimate of drug-likeness (QED) is 0.733. The van der Waals surface area contributed by atoms with Crippen LogP contribution in [0.4, 0.5) is 20.3 Å². The molecule has 0 spiro atoms. The van der Waals surface area contributed by atoms with Crippen LogP contribution in [0.2, 0.25) is 5.02 Å². The largest absolute Gasteiger partial charge is 0.394 e. The summed E-state index contributed by atoms with van der Waals surface area (Å²) < 4.78 is 26.6. The molecule has 1 heterocycles. The van der Waals surface area contributed by atoms with Crippen molar-refractivity contribution in [3.8, 4) is 0 Å². The fourth-order valence-corrected chi connectivity index (χ4v) is 1.42. The number of H-pyrrole nitrogens is 1. The molecule has 0 aliphatic rings. The number of carbonyl (C=O) groups is 1. The van der Waals surface area contributed by atoms with Gasteiger partial charge in [0.1, 0.15) is 11.6 Å². The zero-order chi connectivity index (χ0) is 13.3. The van der Waals surface area contributed by atoms with Crippen molar-refractivity contribution in [2.45, 2.75) is 0 Å². The SMILES string of the molecule is Nc1cn[nH]c1NC(=O)c1cc(F)c(Cl)cc1F. The van der Waals surface area contributed by atoms with Gasteiger partial charge in [0, 0.05) is 0 Å². The van der Waals surface area contributed by atoms with Crippen molar-refractivity contribution in [1.29, 1.82) is 0 Å². The minimum atomic E-state index is -0.933. The Morgan fingerprint density at radius 3 is 2.72 bits per heavy atom. The van der Waals surface area contributed by atoms with Gasteiger partial charge in [0.2, 0.25) is 0 Å². The van der Waals surface area contributed by atoms with Crippen molar-refractivity contribution in [2.24, 2.45) is 0 Å². The molecule has 0 saturated carbocycles. The smallest absolute Gasteiger partial charge is 0.259 e. The third-order valence-electron chi connectivity index (χ3n) is 2.16. The van der Waals surface area contributed by atoms with Crippen LogP contribution >= 0.6 is 11.6 Å². The molecule has 2 aromatic rings. The summed E-state index contributed by atoms with van der Waals surface area (Å²) in [4.78, 5) is 11.7. The highest BCUT2D eigenvalue weighted by atomic mass is 35.5. The van der Waals surface area contributed by atoms with E-state index in [0.29, 0.717) is 6.07 Å². The number of aromatic amines is 1. The van der Waals surface area contributed by atoms with Gasteiger partial charge in [0.25, 0.3) is 5.91 Å². The molecule has 1 aromatic carbocycles. The summed E-state index contributed by atoms with van der Waals surface area (Å²) >= 11 is 5.38. The monoisotopic (exact) mass is 272 g/mol. The van der Waals surface area contributed by atoms with E-state index in [-0.39, 0.29) is 11.5 Å². The number of nitrogens with one attached hydrogen (secondary N) is 2. The number of nitrogen functional groups attached to an aromatic ring is 1. The molecule has 0 aliphatic carbocycles. The second kappa shape index (κ2) is 4.61. The van der Waals surface area contributed by atoms with Gasteiger partial charge in [-0.2, -0.15) is 5.10 Å². The molecule has 4 N–H and O–H groups in total. The summed E-state index contributed by atoms with van der Waals surface area (Å²) in [7, 11) is 0. The number of nitrogens with two attached hydrogens (primary N) is 1. The van der Waals surface area contributed by atoms with Gasteiger partial charge in [-0.3, -0.25) is 9.89 Å². The number of hydrogen-bond acceptors (Lipinski definition) is 3. The van der Waals surface area contributed by atoms with Gasteiger partial charge >= 0.3 is 0 Å². The molecule has 0 fully saturated rings. The van der Waals surface area contributed by atoms with E-state index in [9.17, 15) is 13.6 Å². The van der Waals surface area contributed by atoms with Gasteiger partial charge in [-0.25, -0.2) is 8.78 Å². The van der Waals surface area contributed by atoms with Gasteiger partial charge in [-0.1, -0.05) is 11.6 Å². The predicted molar refractivity (Wildman–Crippen MR) is 62.3 cm³/mol. The van der Waals surface area contributed by atoms with Crippen LogP contribution in [0.1, 0.15) is 10.4 Å². The number of benzene rings is 1. The summed E-state index contributed by atoms with van der Waals surface area (Å²) in [6.07, 6.45) is 1.27. The van der Waals surface area contributed by atoms with E-state index in [1.54, 1.807) is 0 Å². The van der Waals surface area contributed by atoms with Crippen molar-refractivity contribution in [3.05, 3.63) is 40.6 Å². The molecule has 1 aromatic heterocycles. The Balaban J connectivity index is 2.30. The lowest BCUT2D eigenvalue weighted by molar-refractivity contribution is 0.102. The molecule has 2 rings (SSSR count). The average Bonchev–Trinajstić information content (AvgIpc) is 2.69. The van der Waals surface area contributed by atoms with Crippen LogP contribution in [0, 0.1) is 11.6 Å². The Labute approximate surface area is 105 Å². The minimum Gasteiger partial charge on any atom is -0.394 e. The first-order valence-electron chi connectivity index (χ1n) is 4.73. The zero-order valence-corrected chi connectivity index (χ0v) is 9.55. The number of nitrogens with zero attached hydrogens (tertiary/aromatic N) is 1. The molecule has 1 amide bonds. The summed E-state index contributed by atoms with van der Waals surface area (Å²) in [5, 5.41) is 7.84. The molecule has 0 unspecified atom stereocenters. The molecule has 5 nitrogen and oxygen atoms in total. The third-order valence-corrected chi connectivity index (χ3v) is 2.45. The molecule has 8 heteroatoms. The lowest BCUT2D eigenvalue weighted by Crippen LogP contribution is -2.15. The average molecular weight is 273 g/mol. The van der Waals surface area contributed by atoms with Crippen molar-refractivity contribution in [2.75, 3.05) is 11.1 Å². The third kappa shape index (κ3) is 2.25. The van der Waals surface area contributed by atoms with E-state index in [1.165, 1.54) is 6.20 Å². The lowest BCUT2D eigenvalue weighted by Gasteiger charge is -2.05. The Morgan fingerprint density at radius 2 is 2.11 bits per heavy atom. The highest BCUT2D eigenvalue weighted by molar-refractivity contribution is 6.30. The molecule has 0 saturated heterocycles. The summed E-state index contributed by atoms with van der Waals surface area (Å²) in [6.45, 7) is 0. The van der Waals surface area contributed by atoms with Gasteiger partial charge in [-0.15, -0.1) is 0 Å². The molecule has 0 aliphatic heterocycles. The Morgan fingerprint density at radius 1 is 1.39 bits per heavy atom. The number of aromatic nitrogens is 2. The van der Waals surface area contributed by atoms with E-state index in [2.05, 4.69) is 15.5 Å². The number of carbonyl (C=O) groups excluding carboxylic acids is 1. The highest BCUT2D eigenvalue weighted by Crippen LogP contribution is 2.21. The van der Waals surface area contributed by atoms with Crippen LogP contribution in [0.15, 0.2) is 18.3 Å². The predicted octanol–water partition coefficient (Wildman–Crippen LogP) is 2.18.